The lowest BCUT2D eigenvalue weighted by atomic mass is 10.1. The Kier molecular flexibility index (Phi) is 5.63. The SMILES string of the molecule is Cc1ccc(C(=O)O[C@H](C)C(=O)Nc2ccc(S(N)(=O)=O)cc2)c(O)c1. The molecule has 4 N–H and O–H groups in total. The van der Waals surface area contributed by atoms with Gasteiger partial charge in [-0.15, -0.1) is 0 Å². The van der Waals surface area contributed by atoms with Gasteiger partial charge in [-0.25, -0.2) is 18.4 Å². The van der Waals surface area contributed by atoms with Crippen LogP contribution in [0, 0.1) is 6.92 Å². The van der Waals surface area contributed by atoms with Gasteiger partial charge in [0.05, 0.1) is 4.90 Å². The second kappa shape index (κ2) is 7.54. The van der Waals surface area contributed by atoms with Gasteiger partial charge in [0.25, 0.3) is 5.91 Å². The maximum atomic E-state index is 12.1. The number of sulfonamides is 1. The number of phenols is 1. The summed E-state index contributed by atoms with van der Waals surface area (Å²) in [6, 6.07) is 9.65. The van der Waals surface area contributed by atoms with E-state index in [0.29, 0.717) is 5.69 Å². The average Bonchev–Trinajstić information content (AvgIpc) is 2.54. The van der Waals surface area contributed by atoms with Crippen LogP contribution in [0.4, 0.5) is 5.69 Å². The van der Waals surface area contributed by atoms with Gasteiger partial charge in [0.15, 0.2) is 6.10 Å². The number of aromatic hydroxyl groups is 1. The Morgan fingerprint density at radius 1 is 1.15 bits per heavy atom. The van der Waals surface area contributed by atoms with Gasteiger partial charge >= 0.3 is 5.97 Å². The van der Waals surface area contributed by atoms with Crippen LogP contribution < -0.4 is 10.5 Å². The molecule has 2 rings (SSSR count). The molecule has 0 bridgehead atoms. The number of amides is 1. The van der Waals surface area contributed by atoms with E-state index in [1.165, 1.54) is 43.3 Å². The van der Waals surface area contributed by atoms with Crippen LogP contribution >= 0.6 is 0 Å². The third kappa shape index (κ3) is 4.80. The van der Waals surface area contributed by atoms with Gasteiger partial charge < -0.3 is 15.2 Å². The fourth-order valence-electron chi connectivity index (χ4n) is 2.06. The lowest BCUT2D eigenvalue weighted by Gasteiger charge is -2.14. The monoisotopic (exact) mass is 378 g/mol. The van der Waals surface area contributed by atoms with Gasteiger partial charge in [-0.3, -0.25) is 4.79 Å². The molecule has 1 atom stereocenters. The molecule has 0 aromatic heterocycles. The van der Waals surface area contributed by atoms with Gasteiger partial charge in [0.1, 0.15) is 11.3 Å². The van der Waals surface area contributed by atoms with E-state index in [2.05, 4.69) is 5.32 Å². The molecule has 2 aromatic rings. The van der Waals surface area contributed by atoms with E-state index in [4.69, 9.17) is 9.88 Å². The quantitative estimate of drug-likeness (QED) is 0.675. The molecular formula is C17H18N2O6S. The van der Waals surface area contributed by atoms with Crippen molar-refractivity contribution in [1.29, 1.82) is 0 Å². The molecule has 1 amide bonds. The van der Waals surface area contributed by atoms with Crippen LogP contribution in [0.3, 0.4) is 0 Å². The fraction of sp³-hybridized carbons (Fsp3) is 0.176. The van der Waals surface area contributed by atoms with Gasteiger partial charge in [0, 0.05) is 5.69 Å². The zero-order chi connectivity index (χ0) is 19.5. The molecule has 138 valence electrons. The van der Waals surface area contributed by atoms with Crippen LogP contribution in [-0.4, -0.2) is 31.5 Å². The first-order valence-electron chi connectivity index (χ1n) is 7.52. The van der Waals surface area contributed by atoms with Crippen molar-refractivity contribution in [3.05, 3.63) is 53.6 Å². The molecule has 26 heavy (non-hydrogen) atoms. The van der Waals surface area contributed by atoms with Crippen molar-refractivity contribution in [2.75, 3.05) is 5.32 Å². The van der Waals surface area contributed by atoms with Crippen LogP contribution in [0.2, 0.25) is 0 Å². The number of anilines is 1. The van der Waals surface area contributed by atoms with Crippen molar-refractivity contribution in [3.8, 4) is 5.75 Å². The molecule has 9 heteroatoms. The Morgan fingerprint density at radius 2 is 1.77 bits per heavy atom. The average molecular weight is 378 g/mol. The van der Waals surface area contributed by atoms with Gasteiger partial charge in [0.2, 0.25) is 10.0 Å². The highest BCUT2D eigenvalue weighted by Crippen LogP contribution is 2.20. The summed E-state index contributed by atoms with van der Waals surface area (Å²) in [4.78, 5) is 24.1. The van der Waals surface area contributed by atoms with E-state index < -0.39 is 28.0 Å². The molecule has 0 aliphatic carbocycles. The zero-order valence-corrected chi connectivity index (χ0v) is 14.9. The number of carbonyl (C=O) groups excluding carboxylic acids is 2. The first-order chi connectivity index (χ1) is 12.1. The number of esters is 1. The first-order valence-corrected chi connectivity index (χ1v) is 9.07. The number of nitrogens with two attached hydrogens (primary N) is 1. The number of primary sulfonamides is 1. The van der Waals surface area contributed by atoms with E-state index in [0.717, 1.165) is 5.56 Å². The Bertz CT molecular complexity index is 938. The number of phenolic OH excluding ortho intramolecular Hbond substituents is 1. The summed E-state index contributed by atoms with van der Waals surface area (Å²) in [6.07, 6.45) is -1.14. The first kappa shape index (κ1) is 19.4. The highest BCUT2D eigenvalue weighted by molar-refractivity contribution is 7.89. The number of hydrogen-bond acceptors (Lipinski definition) is 6. The Labute approximate surface area is 150 Å². The van der Waals surface area contributed by atoms with Gasteiger partial charge in [-0.2, -0.15) is 0 Å². The molecule has 0 heterocycles. The Balaban J connectivity index is 2.02. The molecule has 0 unspecified atom stereocenters. The molecule has 8 nitrogen and oxygen atoms in total. The van der Waals surface area contributed by atoms with Crippen molar-refractivity contribution in [2.45, 2.75) is 24.8 Å². The summed E-state index contributed by atoms with van der Waals surface area (Å²) >= 11 is 0. The number of aryl methyl sites for hydroxylation is 1. The Hall–Kier alpha value is -2.91. The topological polar surface area (TPSA) is 136 Å². The Morgan fingerprint density at radius 3 is 2.31 bits per heavy atom. The van der Waals surface area contributed by atoms with Crippen LogP contribution in [0.5, 0.6) is 5.75 Å². The van der Waals surface area contributed by atoms with Gasteiger partial charge in [-0.05, 0) is 55.8 Å². The zero-order valence-electron chi connectivity index (χ0n) is 14.1. The summed E-state index contributed by atoms with van der Waals surface area (Å²) in [5, 5.41) is 17.3. The second-order valence-electron chi connectivity index (χ2n) is 5.63. The smallest absolute Gasteiger partial charge is 0.342 e. The summed E-state index contributed by atoms with van der Waals surface area (Å²) in [7, 11) is -3.82. The van der Waals surface area contributed by atoms with Crippen molar-refractivity contribution < 1.29 is 27.9 Å². The van der Waals surface area contributed by atoms with Crippen molar-refractivity contribution >= 4 is 27.6 Å². The van der Waals surface area contributed by atoms with Crippen LogP contribution in [0.15, 0.2) is 47.4 Å². The molecule has 0 saturated carbocycles. The lowest BCUT2D eigenvalue weighted by Crippen LogP contribution is -2.30. The minimum atomic E-state index is -3.82. The number of carbonyl (C=O) groups is 2. The molecule has 0 spiro atoms. The minimum Gasteiger partial charge on any atom is -0.507 e. The van der Waals surface area contributed by atoms with Crippen LogP contribution in [-0.2, 0) is 19.6 Å². The summed E-state index contributed by atoms with van der Waals surface area (Å²) in [6.45, 7) is 3.13. The molecule has 0 aliphatic heterocycles. The highest BCUT2D eigenvalue weighted by atomic mass is 32.2. The van der Waals surface area contributed by atoms with E-state index in [1.54, 1.807) is 13.0 Å². The summed E-state index contributed by atoms with van der Waals surface area (Å²) < 4.78 is 27.4. The molecular weight excluding hydrogens is 360 g/mol. The van der Waals surface area contributed by atoms with E-state index in [-0.39, 0.29) is 16.2 Å². The molecule has 0 fully saturated rings. The third-order valence-corrected chi connectivity index (χ3v) is 4.41. The maximum absolute atomic E-state index is 12.1. The fourth-order valence-corrected chi connectivity index (χ4v) is 2.58. The van der Waals surface area contributed by atoms with E-state index in [9.17, 15) is 23.1 Å². The lowest BCUT2D eigenvalue weighted by molar-refractivity contribution is -0.123. The summed E-state index contributed by atoms with van der Waals surface area (Å²) in [5.41, 5.74) is 1.03. The molecule has 2 aromatic carbocycles. The highest BCUT2D eigenvalue weighted by Gasteiger charge is 2.21. The number of hydrogen-bond donors (Lipinski definition) is 3. The normalized spacial score (nSPS) is 12.3. The van der Waals surface area contributed by atoms with Crippen LogP contribution in [0.1, 0.15) is 22.8 Å². The van der Waals surface area contributed by atoms with E-state index in [1.807, 2.05) is 0 Å². The number of ether oxygens (including phenoxy) is 1. The number of nitrogens with one attached hydrogen (secondary N) is 1. The molecule has 0 radical (unpaired) electrons. The minimum absolute atomic E-state index is 0.0484. The third-order valence-electron chi connectivity index (χ3n) is 3.48. The molecule has 0 saturated heterocycles. The number of benzene rings is 2. The largest absolute Gasteiger partial charge is 0.507 e. The number of rotatable bonds is 5. The summed E-state index contributed by atoms with van der Waals surface area (Å²) in [5.74, 6) is -1.69. The maximum Gasteiger partial charge on any atom is 0.342 e. The van der Waals surface area contributed by atoms with Crippen molar-refractivity contribution in [3.63, 3.8) is 0 Å². The van der Waals surface area contributed by atoms with Crippen molar-refractivity contribution in [1.82, 2.24) is 0 Å². The standard InChI is InChI=1S/C17H18N2O6S/c1-10-3-8-14(15(20)9-10)17(22)25-11(2)16(21)19-12-4-6-13(7-5-12)26(18,23)24/h3-9,11,20H,1-2H3,(H,19,21)(H2,18,23,24)/t11-/m1/s1. The predicted molar refractivity (Wildman–Crippen MR) is 94.2 cm³/mol. The second-order valence-corrected chi connectivity index (χ2v) is 7.19. The molecule has 0 aliphatic rings. The van der Waals surface area contributed by atoms with E-state index >= 15 is 0 Å². The van der Waals surface area contributed by atoms with Crippen molar-refractivity contribution in [2.24, 2.45) is 5.14 Å². The van der Waals surface area contributed by atoms with Crippen LogP contribution in [0.25, 0.3) is 0 Å². The predicted octanol–water partition coefficient (Wildman–Crippen LogP) is 1.53. The van der Waals surface area contributed by atoms with Gasteiger partial charge in [-0.1, -0.05) is 6.07 Å².